The predicted octanol–water partition coefficient (Wildman–Crippen LogP) is 1.78. The summed E-state index contributed by atoms with van der Waals surface area (Å²) < 4.78 is 12.1. The lowest BCUT2D eigenvalue weighted by Gasteiger charge is -2.17. The van der Waals surface area contributed by atoms with E-state index < -0.39 is 5.97 Å². The normalized spacial score (nSPS) is 26.9. The molecule has 0 aromatic rings. The van der Waals surface area contributed by atoms with Gasteiger partial charge < -0.3 is 10.0 Å². The second-order valence-corrected chi connectivity index (χ2v) is 3.67. The minimum atomic E-state index is -0.745. The molecule has 84 valence electrons. The van der Waals surface area contributed by atoms with Gasteiger partial charge in [0.15, 0.2) is 0 Å². The molecule has 0 amide bonds. The SMILES string of the molecule is CCC(=O)O.C[C@@H]1[C@@H](CF)CCN1C. The molecule has 1 fully saturated rings. The molecule has 0 spiro atoms. The average molecular weight is 205 g/mol. The van der Waals surface area contributed by atoms with Gasteiger partial charge in [-0.3, -0.25) is 9.18 Å². The Kier molecular flexibility index (Phi) is 6.45. The highest BCUT2D eigenvalue weighted by atomic mass is 19.1. The standard InChI is InChI=1S/C7H14FN.C3H6O2/c1-6-7(5-8)3-4-9(6)2;1-2-3(4)5/h6-7H,3-5H2,1-2H3;2H2,1H3,(H,4,5)/t6-,7-;/m1./s1. The van der Waals surface area contributed by atoms with Crippen LogP contribution in [0.5, 0.6) is 0 Å². The van der Waals surface area contributed by atoms with Crippen LogP contribution in [0.3, 0.4) is 0 Å². The van der Waals surface area contributed by atoms with Crippen molar-refractivity contribution < 1.29 is 14.3 Å². The molecule has 0 aromatic heterocycles. The van der Waals surface area contributed by atoms with Gasteiger partial charge in [0, 0.05) is 18.4 Å². The summed E-state index contributed by atoms with van der Waals surface area (Å²) in [5.74, 6) is -0.444. The first kappa shape index (κ1) is 13.4. The molecule has 1 aliphatic rings. The second kappa shape index (κ2) is 6.76. The molecule has 4 heteroatoms. The maximum Gasteiger partial charge on any atom is 0.303 e. The number of nitrogens with zero attached hydrogens (tertiary/aromatic N) is 1. The van der Waals surface area contributed by atoms with Crippen LogP contribution in [-0.4, -0.2) is 42.3 Å². The number of halogens is 1. The van der Waals surface area contributed by atoms with Crippen molar-refractivity contribution in [1.82, 2.24) is 4.90 Å². The van der Waals surface area contributed by atoms with E-state index in [4.69, 9.17) is 5.11 Å². The van der Waals surface area contributed by atoms with Gasteiger partial charge in [0.25, 0.3) is 0 Å². The van der Waals surface area contributed by atoms with Crippen molar-refractivity contribution in [3.8, 4) is 0 Å². The number of carbonyl (C=O) groups is 1. The van der Waals surface area contributed by atoms with Crippen LogP contribution in [-0.2, 0) is 4.79 Å². The summed E-state index contributed by atoms with van der Waals surface area (Å²) in [5.41, 5.74) is 0. The van der Waals surface area contributed by atoms with Crippen molar-refractivity contribution >= 4 is 5.97 Å². The molecule has 14 heavy (non-hydrogen) atoms. The Labute approximate surface area is 84.9 Å². The largest absolute Gasteiger partial charge is 0.481 e. The molecule has 1 aliphatic heterocycles. The molecule has 1 heterocycles. The van der Waals surface area contributed by atoms with Crippen molar-refractivity contribution in [2.24, 2.45) is 5.92 Å². The van der Waals surface area contributed by atoms with Gasteiger partial charge in [-0.25, -0.2) is 0 Å². The molecule has 1 rings (SSSR count). The van der Waals surface area contributed by atoms with Gasteiger partial charge in [-0.2, -0.15) is 0 Å². The molecule has 3 nitrogen and oxygen atoms in total. The summed E-state index contributed by atoms with van der Waals surface area (Å²) in [7, 11) is 2.06. The lowest BCUT2D eigenvalue weighted by molar-refractivity contribution is -0.136. The van der Waals surface area contributed by atoms with E-state index in [2.05, 4.69) is 18.9 Å². The monoisotopic (exact) mass is 205 g/mol. The predicted molar refractivity (Wildman–Crippen MR) is 54.1 cm³/mol. The molecule has 0 bridgehead atoms. The Morgan fingerprint density at radius 3 is 2.29 bits per heavy atom. The zero-order valence-electron chi connectivity index (χ0n) is 9.16. The van der Waals surface area contributed by atoms with Crippen LogP contribution in [0.15, 0.2) is 0 Å². The fraction of sp³-hybridized carbons (Fsp3) is 0.900. The highest BCUT2D eigenvalue weighted by Gasteiger charge is 2.27. The molecular formula is C10H20FNO2. The number of hydrogen-bond acceptors (Lipinski definition) is 2. The third-order valence-electron chi connectivity index (χ3n) is 2.73. The van der Waals surface area contributed by atoms with Crippen molar-refractivity contribution in [1.29, 1.82) is 0 Å². The van der Waals surface area contributed by atoms with Crippen LogP contribution in [0.25, 0.3) is 0 Å². The maximum absolute atomic E-state index is 12.1. The lowest BCUT2D eigenvalue weighted by Crippen LogP contribution is -2.26. The topological polar surface area (TPSA) is 40.5 Å². The molecule has 0 aliphatic carbocycles. The zero-order chi connectivity index (χ0) is 11.1. The third kappa shape index (κ3) is 4.56. The van der Waals surface area contributed by atoms with E-state index in [9.17, 15) is 9.18 Å². The van der Waals surface area contributed by atoms with Crippen molar-refractivity contribution in [2.45, 2.75) is 32.7 Å². The van der Waals surface area contributed by atoms with Crippen LogP contribution in [0.4, 0.5) is 4.39 Å². The number of carboxylic acid groups (broad SMARTS) is 1. The Morgan fingerprint density at radius 2 is 2.14 bits per heavy atom. The van der Waals surface area contributed by atoms with E-state index in [1.165, 1.54) is 0 Å². The second-order valence-electron chi connectivity index (χ2n) is 3.67. The number of alkyl halides is 1. The highest BCUT2D eigenvalue weighted by molar-refractivity contribution is 5.66. The van der Waals surface area contributed by atoms with Gasteiger partial charge in [-0.15, -0.1) is 0 Å². The molecular weight excluding hydrogens is 185 g/mol. The quantitative estimate of drug-likeness (QED) is 0.747. The smallest absolute Gasteiger partial charge is 0.303 e. The summed E-state index contributed by atoms with van der Waals surface area (Å²) in [6, 6.07) is 0.454. The van der Waals surface area contributed by atoms with E-state index in [0.29, 0.717) is 12.0 Å². The Bertz CT molecular complexity index is 176. The summed E-state index contributed by atoms with van der Waals surface area (Å²) in [4.78, 5) is 11.6. The summed E-state index contributed by atoms with van der Waals surface area (Å²) in [6.45, 7) is 4.61. The first-order chi connectivity index (χ1) is 6.52. The Morgan fingerprint density at radius 1 is 1.64 bits per heavy atom. The summed E-state index contributed by atoms with van der Waals surface area (Å²) >= 11 is 0. The van der Waals surface area contributed by atoms with E-state index in [1.54, 1.807) is 6.92 Å². The number of carboxylic acids is 1. The average Bonchev–Trinajstić information content (AvgIpc) is 2.48. The van der Waals surface area contributed by atoms with E-state index in [0.717, 1.165) is 13.0 Å². The fourth-order valence-corrected chi connectivity index (χ4v) is 1.38. The number of aliphatic carboxylic acids is 1. The minimum Gasteiger partial charge on any atom is -0.481 e. The third-order valence-corrected chi connectivity index (χ3v) is 2.73. The lowest BCUT2D eigenvalue weighted by atomic mass is 10.0. The summed E-state index contributed by atoms with van der Waals surface area (Å²) in [5, 5.41) is 7.72. The van der Waals surface area contributed by atoms with Crippen LogP contribution < -0.4 is 0 Å². The molecule has 0 aromatic carbocycles. The highest BCUT2D eigenvalue weighted by Crippen LogP contribution is 2.21. The van der Waals surface area contributed by atoms with E-state index in [1.807, 2.05) is 0 Å². The molecule has 1 saturated heterocycles. The fourth-order valence-electron chi connectivity index (χ4n) is 1.38. The zero-order valence-corrected chi connectivity index (χ0v) is 9.16. The minimum absolute atomic E-state index is 0.147. The van der Waals surface area contributed by atoms with Crippen LogP contribution in [0.1, 0.15) is 26.7 Å². The van der Waals surface area contributed by atoms with Gasteiger partial charge in [-0.1, -0.05) is 6.92 Å². The van der Waals surface area contributed by atoms with Gasteiger partial charge in [0.05, 0.1) is 6.67 Å². The van der Waals surface area contributed by atoms with Gasteiger partial charge >= 0.3 is 5.97 Å². The van der Waals surface area contributed by atoms with Crippen LogP contribution in [0, 0.1) is 5.92 Å². The van der Waals surface area contributed by atoms with Gasteiger partial charge in [0.2, 0.25) is 0 Å². The van der Waals surface area contributed by atoms with Crippen LogP contribution in [0.2, 0.25) is 0 Å². The number of rotatable bonds is 2. The van der Waals surface area contributed by atoms with E-state index in [-0.39, 0.29) is 13.1 Å². The summed E-state index contributed by atoms with van der Waals surface area (Å²) in [6.07, 6.45) is 1.26. The first-order valence-electron chi connectivity index (χ1n) is 5.00. The van der Waals surface area contributed by atoms with E-state index >= 15 is 0 Å². The first-order valence-corrected chi connectivity index (χ1v) is 5.00. The Hall–Kier alpha value is -0.640. The van der Waals surface area contributed by atoms with Crippen molar-refractivity contribution in [2.75, 3.05) is 20.3 Å². The van der Waals surface area contributed by atoms with Crippen molar-refractivity contribution in [3.63, 3.8) is 0 Å². The van der Waals surface area contributed by atoms with Gasteiger partial charge in [-0.05, 0) is 26.9 Å². The molecule has 2 atom stereocenters. The molecule has 0 unspecified atom stereocenters. The Balaban J connectivity index is 0.000000292. The number of likely N-dealkylation sites (tertiary alicyclic amines) is 1. The van der Waals surface area contributed by atoms with Gasteiger partial charge in [0.1, 0.15) is 0 Å². The van der Waals surface area contributed by atoms with Crippen molar-refractivity contribution in [3.05, 3.63) is 0 Å². The number of hydrogen-bond donors (Lipinski definition) is 1. The molecule has 1 N–H and O–H groups in total. The van der Waals surface area contributed by atoms with Crippen LogP contribution >= 0.6 is 0 Å². The maximum atomic E-state index is 12.1. The molecule has 0 radical (unpaired) electrons. The molecule has 0 saturated carbocycles.